The van der Waals surface area contributed by atoms with E-state index < -0.39 is 0 Å². The SMILES string of the molecule is COc1ccc(O)c(C(=O)NCC2CCC(O)C2)c1. The molecule has 0 saturated heterocycles. The Balaban J connectivity index is 1.96. The molecule has 3 N–H and O–H groups in total. The van der Waals surface area contributed by atoms with E-state index in [0.29, 0.717) is 18.2 Å². The lowest BCUT2D eigenvalue weighted by Crippen LogP contribution is -2.28. The zero-order chi connectivity index (χ0) is 13.8. The highest BCUT2D eigenvalue weighted by Crippen LogP contribution is 2.25. The fraction of sp³-hybridized carbons (Fsp3) is 0.500. The molecule has 2 rings (SSSR count). The zero-order valence-corrected chi connectivity index (χ0v) is 10.9. The molecule has 2 atom stereocenters. The van der Waals surface area contributed by atoms with Crippen LogP contribution in [0.2, 0.25) is 0 Å². The monoisotopic (exact) mass is 265 g/mol. The minimum atomic E-state index is -0.321. The molecule has 5 heteroatoms. The number of amides is 1. The van der Waals surface area contributed by atoms with E-state index in [1.165, 1.54) is 19.2 Å². The molecule has 0 heterocycles. The number of hydrogen-bond acceptors (Lipinski definition) is 4. The van der Waals surface area contributed by atoms with Crippen molar-refractivity contribution in [1.29, 1.82) is 0 Å². The summed E-state index contributed by atoms with van der Waals surface area (Å²) in [5.41, 5.74) is 0.206. The maximum absolute atomic E-state index is 12.0. The molecule has 104 valence electrons. The number of aliphatic hydroxyl groups excluding tert-OH is 1. The summed E-state index contributed by atoms with van der Waals surface area (Å²) in [5.74, 6) is 0.452. The molecule has 1 fully saturated rings. The first-order valence-electron chi connectivity index (χ1n) is 6.43. The maximum atomic E-state index is 12.0. The van der Waals surface area contributed by atoms with Crippen molar-refractivity contribution in [2.75, 3.05) is 13.7 Å². The van der Waals surface area contributed by atoms with E-state index in [-0.39, 0.29) is 23.3 Å². The Morgan fingerprint density at radius 3 is 2.89 bits per heavy atom. The molecule has 1 aliphatic carbocycles. The van der Waals surface area contributed by atoms with E-state index in [0.717, 1.165) is 19.3 Å². The lowest BCUT2D eigenvalue weighted by atomic mass is 10.1. The molecule has 2 unspecified atom stereocenters. The molecular formula is C14H19NO4. The molecule has 0 aromatic heterocycles. The molecule has 1 aliphatic rings. The third-order valence-corrected chi connectivity index (χ3v) is 3.51. The smallest absolute Gasteiger partial charge is 0.255 e. The van der Waals surface area contributed by atoms with Crippen LogP contribution in [0.5, 0.6) is 11.5 Å². The van der Waals surface area contributed by atoms with E-state index in [2.05, 4.69) is 5.32 Å². The van der Waals surface area contributed by atoms with Gasteiger partial charge >= 0.3 is 0 Å². The van der Waals surface area contributed by atoms with Gasteiger partial charge in [-0.3, -0.25) is 4.79 Å². The molecule has 0 bridgehead atoms. The van der Waals surface area contributed by atoms with E-state index in [4.69, 9.17) is 4.74 Å². The number of methoxy groups -OCH3 is 1. The molecule has 5 nitrogen and oxygen atoms in total. The van der Waals surface area contributed by atoms with Crippen molar-refractivity contribution in [3.63, 3.8) is 0 Å². The van der Waals surface area contributed by atoms with Gasteiger partial charge in [0, 0.05) is 6.54 Å². The molecule has 0 radical (unpaired) electrons. The van der Waals surface area contributed by atoms with Gasteiger partial charge in [0.1, 0.15) is 11.5 Å². The number of rotatable bonds is 4. The minimum Gasteiger partial charge on any atom is -0.507 e. The summed E-state index contributed by atoms with van der Waals surface area (Å²) in [7, 11) is 1.51. The van der Waals surface area contributed by atoms with Gasteiger partial charge in [0.25, 0.3) is 5.91 Å². The van der Waals surface area contributed by atoms with Gasteiger partial charge < -0.3 is 20.3 Å². The number of aliphatic hydroxyl groups is 1. The first kappa shape index (κ1) is 13.7. The molecular weight excluding hydrogens is 246 g/mol. The molecule has 1 saturated carbocycles. The van der Waals surface area contributed by atoms with Crippen molar-refractivity contribution in [3.05, 3.63) is 23.8 Å². The average Bonchev–Trinajstić information content (AvgIpc) is 2.82. The highest BCUT2D eigenvalue weighted by molar-refractivity contribution is 5.97. The van der Waals surface area contributed by atoms with Gasteiger partial charge in [-0.05, 0) is 43.4 Å². The Bertz CT molecular complexity index is 461. The quantitative estimate of drug-likeness (QED) is 0.766. The number of nitrogens with one attached hydrogen (secondary N) is 1. The van der Waals surface area contributed by atoms with Crippen LogP contribution in [0.3, 0.4) is 0 Å². The standard InChI is InChI=1S/C14H19NO4/c1-19-11-4-5-13(17)12(7-11)14(18)15-8-9-2-3-10(16)6-9/h4-5,7,9-10,16-17H,2-3,6,8H2,1H3,(H,15,18). The van der Waals surface area contributed by atoms with Crippen molar-refractivity contribution >= 4 is 5.91 Å². The normalized spacial score (nSPS) is 22.2. The van der Waals surface area contributed by atoms with Gasteiger partial charge in [-0.2, -0.15) is 0 Å². The Labute approximate surface area is 112 Å². The Kier molecular flexibility index (Phi) is 4.27. The summed E-state index contributed by atoms with van der Waals surface area (Å²) >= 11 is 0. The van der Waals surface area contributed by atoms with E-state index in [1.54, 1.807) is 6.07 Å². The van der Waals surface area contributed by atoms with Crippen molar-refractivity contribution in [1.82, 2.24) is 5.32 Å². The fourth-order valence-corrected chi connectivity index (χ4v) is 2.39. The minimum absolute atomic E-state index is 0.0650. The molecule has 0 spiro atoms. The summed E-state index contributed by atoms with van der Waals surface area (Å²) in [6, 6.07) is 4.54. The predicted molar refractivity (Wildman–Crippen MR) is 70.3 cm³/mol. The second-order valence-corrected chi connectivity index (χ2v) is 4.93. The summed E-state index contributed by atoms with van der Waals surface area (Å²) in [4.78, 5) is 12.0. The van der Waals surface area contributed by atoms with Crippen LogP contribution in [0, 0.1) is 5.92 Å². The number of ether oxygens (including phenoxy) is 1. The second-order valence-electron chi connectivity index (χ2n) is 4.93. The van der Waals surface area contributed by atoms with Crippen LogP contribution in [0.4, 0.5) is 0 Å². The third-order valence-electron chi connectivity index (χ3n) is 3.51. The predicted octanol–water partition coefficient (Wildman–Crippen LogP) is 1.29. The number of benzene rings is 1. The molecule has 19 heavy (non-hydrogen) atoms. The van der Waals surface area contributed by atoms with Gasteiger partial charge in [-0.25, -0.2) is 0 Å². The lowest BCUT2D eigenvalue weighted by Gasteiger charge is -2.12. The van der Waals surface area contributed by atoms with Gasteiger partial charge in [-0.1, -0.05) is 0 Å². The van der Waals surface area contributed by atoms with Crippen LogP contribution < -0.4 is 10.1 Å². The number of phenolic OH excluding ortho intramolecular Hbond substituents is 1. The van der Waals surface area contributed by atoms with Gasteiger partial charge in [0.05, 0.1) is 18.8 Å². The average molecular weight is 265 g/mol. The topological polar surface area (TPSA) is 78.8 Å². The van der Waals surface area contributed by atoms with Crippen molar-refractivity contribution in [3.8, 4) is 11.5 Å². The largest absolute Gasteiger partial charge is 0.507 e. The lowest BCUT2D eigenvalue weighted by molar-refractivity contribution is 0.0942. The number of aromatic hydroxyl groups is 1. The Morgan fingerprint density at radius 1 is 1.47 bits per heavy atom. The van der Waals surface area contributed by atoms with Crippen LogP contribution >= 0.6 is 0 Å². The maximum Gasteiger partial charge on any atom is 0.255 e. The first-order chi connectivity index (χ1) is 9.10. The number of phenols is 1. The number of carbonyl (C=O) groups excluding carboxylic acids is 1. The highest BCUT2D eigenvalue weighted by Gasteiger charge is 2.23. The Morgan fingerprint density at radius 2 is 2.26 bits per heavy atom. The van der Waals surface area contributed by atoms with Crippen LogP contribution in [-0.2, 0) is 0 Å². The van der Waals surface area contributed by atoms with Crippen molar-refractivity contribution in [2.45, 2.75) is 25.4 Å². The van der Waals surface area contributed by atoms with Crippen molar-refractivity contribution < 1.29 is 19.7 Å². The third kappa shape index (κ3) is 3.38. The van der Waals surface area contributed by atoms with Crippen LogP contribution in [0.25, 0.3) is 0 Å². The molecule has 0 aliphatic heterocycles. The van der Waals surface area contributed by atoms with Gasteiger partial charge in [0.2, 0.25) is 0 Å². The number of carbonyl (C=O) groups is 1. The second kappa shape index (κ2) is 5.93. The van der Waals surface area contributed by atoms with Gasteiger partial charge in [0.15, 0.2) is 0 Å². The van der Waals surface area contributed by atoms with Crippen LogP contribution in [0.15, 0.2) is 18.2 Å². The van der Waals surface area contributed by atoms with Crippen molar-refractivity contribution in [2.24, 2.45) is 5.92 Å². The van der Waals surface area contributed by atoms with E-state index in [1.807, 2.05) is 0 Å². The summed E-state index contributed by atoms with van der Waals surface area (Å²) in [6.07, 6.45) is 2.20. The molecule has 1 aromatic rings. The summed E-state index contributed by atoms with van der Waals surface area (Å²) in [5, 5.41) is 21.9. The number of hydrogen-bond donors (Lipinski definition) is 3. The van der Waals surface area contributed by atoms with E-state index >= 15 is 0 Å². The van der Waals surface area contributed by atoms with Gasteiger partial charge in [-0.15, -0.1) is 0 Å². The summed E-state index contributed by atoms with van der Waals surface area (Å²) in [6.45, 7) is 0.520. The van der Waals surface area contributed by atoms with Crippen LogP contribution in [-0.4, -0.2) is 35.9 Å². The van der Waals surface area contributed by atoms with Crippen LogP contribution in [0.1, 0.15) is 29.6 Å². The fourth-order valence-electron chi connectivity index (χ4n) is 2.39. The molecule has 1 aromatic carbocycles. The zero-order valence-electron chi connectivity index (χ0n) is 10.9. The highest BCUT2D eigenvalue weighted by atomic mass is 16.5. The first-order valence-corrected chi connectivity index (χ1v) is 6.43. The molecule has 1 amide bonds. The summed E-state index contributed by atoms with van der Waals surface area (Å²) < 4.78 is 5.03. The van der Waals surface area contributed by atoms with E-state index in [9.17, 15) is 15.0 Å². The Hall–Kier alpha value is -1.75.